The molecule has 1 unspecified atom stereocenters. The molecule has 1 aromatic carbocycles. The number of rotatable bonds is 8. The van der Waals surface area contributed by atoms with E-state index in [1.807, 2.05) is 6.92 Å². The van der Waals surface area contributed by atoms with Crippen LogP contribution in [0.5, 0.6) is 0 Å². The van der Waals surface area contributed by atoms with Gasteiger partial charge >= 0.3 is 5.97 Å². The quantitative estimate of drug-likeness (QED) is 0.693. The summed E-state index contributed by atoms with van der Waals surface area (Å²) in [6.07, 6.45) is 3.96. The van der Waals surface area contributed by atoms with Crippen molar-refractivity contribution in [2.45, 2.75) is 45.1 Å². The van der Waals surface area contributed by atoms with Gasteiger partial charge in [-0.3, -0.25) is 9.59 Å². The van der Waals surface area contributed by atoms with Crippen molar-refractivity contribution >= 4 is 23.5 Å². The standard InChI is InChI=1S/C19H26N2O5/c1-2-3-11-26-13-17(22)20-15-8-6-7-14(12-15)18(23)21-10-5-4-9-16(21)19(24)25/h6-8,12,16H,2-5,9-11,13H2,1H3,(H,20,22)(H,24,25). The van der Waals surface area contributed by atoms with Gasteiger partial charge in [0.1, 0.15) is 12.6 Å². The summed E-state index contributed by atoms with van der Waals surface area (Å²) in [5, 5.41) is 12.0. The number of benzene rings is 1. The first-order valence-electron chi connectivity index (χ1n) is 9.04. The number of nitrogens with zero attached hydrogens (tertiary/aromatic N) is 1. The normalized spacial score (nSPS) is 17.0. The van der Waals surface area contributed by atoms with Gasteiger partial charge in [-0.1, -0.05) is 19.4 Å². The average Bonchev–Trinajstić information content (AvgIpc) is 2.65. The zero-order valence-electron chi connectivity index (χ0n) is 15.1. The highest BCUT2D eigenvalue weighted by Crippen LogP contribution is 2.21. The highest BCUT2D eigenvalue weighted by Gasteiger charge is 2.32. The molecule has 1 aromatic rings. The van der Waals surface area contributed by atoms with Crippen LogP contribution in [0.3, 0.4) is 0 Å². The van der Waals surface area contributed by atoms with Gasteiger partial charge in [0, 0.05) is 24.4 Å². The molecule has 0 radical (unpaired) electrons. The number of aliphatic carboxylic acids is 1. The number of likely N-dealkylation sites (tertiary alicyclic amines) is 1. The van der Waals surface area contributed by atoms with E-state index in [2.05, 4.69) is 5.32 Å². The highest BCUT2D eigenvalue weighted by molar-refractivity contribution is 5.99. The first kappa shape index (κ1) is 19.9. The Hall–Kier alpha value is -2.41. The number of anilines is 1. The van der Waals surface area contributed by atoms with Crippen LogP contribution in [-0.4, -0.2) is 53.6 Å². The van der Waals surface area contributed by atoms with Crippen molar-refractivity contribution in [3.8, 4) is 0 Å². The third-order valence-corrected chi connectivity index (χ3v) is 4.32. The van der Waals surface area contributed by atoms with Crippen molar-refractivity contribution in [2.75, 3.05) is 25.1 Å². The van der Waals surface area contributed by atoms with E-state index in [0.29, 0.717) is 30.8 Å². The van der Waals surface area contributed by atoms with E-state index in [1.54, 1.807) is 24.3 Å². The monoisotopic (exact) mass is 362 g/mol. The third-order valence-electron chi connectivity index (χ3n) is 4.32. The summed E-state index contributed by atoms with van der Waals surface area (Å²) in [5.41, 5.74) is 0.853. The minimum absolute atomic E-state index is 0.0363. The van der Waals surface area contributed by atoms with Crippen molar-refractivity contribution in [1.29, 1.82) is 0 Å². The highest BCUT2D eigenvalue weighted by atomic mass is 16.5. The Balaban J connectivity index is 2.00. The summed E-state index contributed by atoms with van der Waals surface area (Å²) >= 11 is 0. The van der Waals surface area contributed by atoms with Crippen LogP contribution in [0.1, 0.15) is 49.4 Å². The second-order valence-corrected chi connectivity index (χ2v) is 6.38. The predicted molar refractivity (Wildman–Crippen MR) is 97.1 cm³/mol. The summed E-state index contributed by atoms with van der Waals surface area (Å²) in [7, 11) is 0. The lowest BCUT2D eigenvalue weighted by molar-refractivity contribution is -0.143. The minimum Gasteiger partial charge on any atom is -0.480 e. The number of nitrogens with one attached hydrogen (secondary N) is 1. The van der Waals surface area contributed by atoms with E-state index >= 15 is 0 Å². The Bertz CT molecular complexity index is 647. The molecule has 2 amide bonds. The van der Waals surface area contributed by atoms with Crippen molar-refractivity contribution < 1.29 is 24.2 Å². The lowest BCUT2D eigenvalue weighted by atomic mass is 10.0. The van der Waals surface area contributed by atoms with Crippen molar-refractivity contribution in [3.05, 3.63) is 29.8 Å². The second kappa shape index (κ2) is 9.91. The fourth-order valence-electron chi connectivity index (χ4n) is 2.94. The van der Waals surface area contributed by atoms with Crippen molar-refractivity contribution in [3.63, 3.8) is 0 Å². The molecule has 1 heterocycles. The van der Waals surface area contributed by atoms with Gasteiger partial charge in [0.25, 0.3) is 5.91 Å². The van der Waals surface area contributed by atoms with Gasteiger partial charge in [-0.2, -0.15) is 0 Å². The van der Waals surface area contributed by atoms with Gasteiger partial charge in [-0.15, -0.1) is 0 Å². The van der Waals surface area contributed by atoms with Crippen molar-refractivity contribution in [2.24, 2.45) is 0 Å². The predicted octanol–water partition coefficient (Wildman–Crippen LogP) is 2.52. The number of amides is 2. The Morgan fingerprint density at radius 3 is 2.85 bits per heavy atom. The molecule has 2 N–H and O–H groups in total. The van der Waals surface area contributed by atoms with Crippen molar-refractivity contribution in [1.82, 2.24) is 4.90 Å². The number of hydrogen-bond acceptors (Lipinski definition) is 4. The maximum Gasteiger partial charge on any atom is 0.326 e. The molecule has 1 fully saturated rings. The molecule has 2 rings (SSSR count). The SMILES string of the molecule is CCCCOCC(=O)Nc1cccc(C(=O)N2CCCCC2C(=O)O)c1. The molecule has 0 saturated carbocycles. The number of carboxylic acid groups (broad SMARTS) is 1. The third kappa shape index (κ3) is 5.56. The molecule has 26 heavy (non-hydrogen) atoms. The number of ether oxygens (including phenoxy) is 1. The number of carbonyl (C=O) groups is 3. The molecule has 1 atom stereocenters. The molecular formula is C19H26N2O5. The first-order chi connectivity index (χ1) is 12.5. The molecular weight excluding hydrogens is 336 g/mol. The Morgan fingerprint density at radius 1 is 1.31 bits per heavy atom. The lowest BCUT2D eigenvalue weighted by Gasteiger charge is -2.33. The van der Waals surface area contributed by atoms with Gasteiger partial charge in [-0.05, 0) is 43.9 Å². The molecule has 0 bridgehead atoms. The smallest absolute Gasteiger partial charge is 0.326 e. The fraction of sp³-hybridized carbons (Fsp3) is 0.526. The maximum atomic E-state index is 12.7. The number of carbonyl (C=O) groups excluding carboxylic acids is 2. The van der Waals surface area contributed by atoms with E-state index in [9.17, 15) is 19.5 Å². The topological polar surface area (TPSA) is 95.9 Å². The lowest BCUT2D eigenvalue weighted by Crippen LogP contribution is -2.48. The molecule has 0 aliphatic carbocycles. The van der Waals surface area contributed by atoms with Gasteiger partial charge < -0.3 is 20.1 Å². The first-order valence-corrected chi connectivity index (χ1v) is 9.04. The van der Waals surface area contributed by atoms with Crippen LogP contribution >= 0.6 is 0 Å². The van der Waals surface area contributed by atoms with E-state index in [4.69, 9.17) is 4.74 Å². The number of hydrogen-bond donors (Lipinski definition) is 2. The second-order valence-electron chi connectivity index (χ2n) is 6.38. The maximum absolute atomic E-state index is 12.7. The van der Waals surface area contributed by atoms with E-state index in [-0.39, 0.29) is 18.4 Å². The van der Waals surface area contributed by atoms with Crippen LogP contribution in [0.15, 0.2) is 24.3 Å². The van der Waals surface area contributed by atoms with Gasteiger partial charge in [0.2, 0.25) is 5.91 Å². The zero-order valence-corrected chi connectivity index (χ0v) is 15.1. The van der Waals surface area contributed by atoms with Crippen LogP contribution in [0.4, 0.5) is 5.69 Å². The molecule has 0 spiro atoms. The largest absolute Gasteiger partial charge is 0.480 e. The fourth-order valence-corrected chi connectivity index (χ4v) is 2.94. The summed E-state index contributed by atoms with van der Waals surface area (Å²) in [5.74, 6) is -1.59. The summed E-state index contributed by atoms with van der Waals surface area (Å²) in [6.45, 7) is 2.97. The molecule has 0 aromatic heterocycles. The number of carboxylic acids is 1. The summed E-state index contributed by atoms with van der Waals surface area (Å²) in [4.78, 5) is 37.4. The van der Waals surface area contributed by atoms with Crippen LogP contribution in [0.2, 0.25) is 0 Å². The van der Waals surface area contributed by atoms with Gasteiger partial charge in [0.05, 0.1) is 0 Å². The molecule has 1 saturated heterocycles. The molecule has 1 aliphatic heterocycles. The minimum atomic E-state index is -0.980. The van der Waals surface area contributed by atoms with E-state index < -0.39 is 12.0 Å². The van der Waals surface area contributed by atoms with E-state index in [1.165, 1.54) is 4.90 Å². The summed E-state index contributed by atoms with van der Waals surface area (Å²) in [6, 6.07) is 5.76. The average molecular weight is 362 g/mol. The molecule has 7 heteroatoms. The number of unbranched alkanes of at least 4 members (excludes halogenated alkanes) is 1. The van der Waals surface area contributed by atoms with Gasteiger partial charge in [0.15, 0.2) is 0 Å². The van der Waals surface area contributed by atoms with Gasteiger partial charge in [-0.25, -0.2) is 4.79 Å². The van der Waals surface area contributed by atoms with Crippen LogP contribution in [0, 0.1) is 0 Å². The number of piperidine rings is 1. The van der Waals surface area contributed by atoms with Crippen LogP contribution < -0.4 is 5.32 Å². The molecule has 142 valence electrons. The Morgan fingerprint density at radius 2 is 2.12 bits per heavy atom. The Labute approximate surface area is 153 Å². The zero-order chi connectivity index (χ0) is 18.9. The van der Waals surface area contributed by atoms with Crippen LogP contribution in [0.25, 0.3) is 0 Å². The molecule has 1 aliphatic rings. The van der Waals surface area contributed by atoms with Crippen LogP contribution in [-0.2, 0) is 14.3 Å². The van der Waals surface area contributed by atoms with E-state index in [0.717, 1.165) is 25.7 Å². The summed E-state index contributed by atoms with van der Waals surface area (Å²) < 4.78 is 5.27. The molecule has 7 nitrogen and oxygen atoms in total. The Kier molecular flexibility index (Phi) is 7.59.